The van der Waals surface area contributed by atoms with Gasteiger partial charge in [-0.25, -0.2) is 9.59 Å². The summed E-state index contributed by atoms with van der Waals surface area (Å²) in [6, 6.07) is 1.39. The van der Waals surface area contributed by atoms with Crippen LogP contribution in [-0.2, 0) is 20.6 Å². The zero-order chi connectivity index (χ0) is 18.7. The first-order valence-electron chi connectivity index (χ1n) is 7.90. The van der Waals surface area contributed by atoms with Crippen molar-refractivity contribution >= 4 is 11.9 Å². The molecule has 1 aromatic heterocycles. The summed E-state index contributed by atoms with van der Waals surface area (Å²) >= 11 is 0. The van der Waals surface area contributed by atoms with Crippen LogP contribution in [0.5, 0.6) is 0 Å². The predicted octanol–water partition coefficient (Wildman–Crippen LogP) is -0.235. The lowest BCUT2D eigenvalue weighted by atomic mass is 10.0. The Morgan fingerprint density at radius 2 is 1.64 bits per heavy atom. The maximum atomic E-state index is 12.0. The van der Waals surface area contributed by atoms with Crippen molar-refractivity contribution in [3.63, 3.8) is 0 Å². The number of rotatable bonds is 12. The standard InChI is InChI=1S/C16H24O9/c1-11(10-22-5-2-17)8-12-9-13(15(20)23-6-3-18)25-14(12)16(21)24-7-4-19/h9,11,17-19H,2-8,10H2,1H3/t11-/m1/s1. The average molecular weight is 360 g/mol. The van der Waals surface area contributed by atoms with Crippen LogP contribution in [0.2, 0.25) is 0 Å². The number of carbonyl (C=O) groups excluding carboxylic acids is 2. The van der Waals surface area contributed by atoms with Crippen LogP contribution in [0, 0.1) is 5.92 Å². The van der Waals surface area contributed by atoms with Crippen LogP contribution in [-0.4, -0.2) is 73.5 Å². The Morgan fingerprint density at radius 1 is 1.04 bits per heavy atom. The van der Waals surface area contributed by atoms with Crippen molar-refractivity contribution in [2.24, 2.45) is 5.92 Å². The summed E-state index contributed by atoms with van der Waals surface area (Å²) in [5.41, 5.74) is 0.444. The molecule has 142 valence electrons. The molecule has 25 heavy (non-hydrogen) atoms. The molecule has 0 unspecified atom stereocenters. The largest absolute Gasteiger partial charge is 0.457 e. The highest BCUT2D eigenvalue weighted by molar-refractivity contribution is 5.92. The van der Waals surface area contributed by atoms with E-state index in [-0.39, 0.29) is 57.1 Å². The van der Waals surface area contributed by atoms with E-state index in [4.69, 9.17) is 33.9 Å². The molecule has 0 aliphatic heterocycles. The molecule has 0 amide bonds. The fourth-order valence-corrected chi connectivity index (χ4v) is 2.05. The highest BCUT2D eigenvalue weighted by Crippen LogP contribution is 2.21. The summed E-state index contributed by atoms with van der Waals surface area (Å²) in [7, 11) is 0. The second kappa shape index (κ2) is 11.6. The number of aliphatic hydroxyl groups excluding tert-OH is 3. The second-order valence-electron chi connectivity index (χ2n) is 5.29. The molecular formula is C16H24O9. The average Bonchev–Trinajstić information content (AvgIpc) is 3.01. The van der Waals surface area contributed by atoms with Gasteiger partial charge in [-0.3, -0.25) is 0 Å². The van der Waals surface area contributed by atoms with E-state index in [2.05, 4.69) is 0 Å². The summed E-state index contributed by atoms with van der Waals surface area (Å²) < 4.78 is 20.1. The molecule has 0 fully saturated rings. The molecule has 1 atom stereocenters. The van der Waals surface area contributed by atoms with Crippen molar-refractivity contribution in [3.8, 4) is 0 Å². The van der Waals surface area contributed by atoms with E-state index >= 15 is 0 Å². The highest BCUT2D eigenvalue weighted by Gasteiger charge is 2.24. The monoisotopic (exact) mass is 360 g/mol. The number of furan rings is 1. The van der Waals surface area contributed by atoms with Crippen LogP contribution in [0.1, 0.15) is 33.6 Å². The minimum Gasteiger partial charge on any atom is -0.457 e. The summed E-state index contributed by atoms with van der Waals surface area (Å²) in [6.45, 7) is 1.29. The third-order valence-corrected chi connectivity index (χ3v) is 3.05. The van der Waals surface area contributed by atoms with Gasteiger partial charge in [0.25, 0.3) is 0 Å². The Hall–Kier alpha value is -1.94. The van der Waals surface area contributed by atoms with Crippen LogP contribution in [0.15, 0.2) is 10.5 Å². The Morgan fingerprint density at radius 3 is 2.24 bits per heavy atom. The molecule has 0 aliphatic rings. The fourth-order valence-electron chi connectivity index (χ4n) is 2.05. The van der Waals surface area contributed by atoms with Crippen LogP contribution in [0.4, 0.5) is 0 Å². The number of hydrogen-bond acceptors (Lipinski definition) is 9. The summed E-state index contributed by atoms with van der Waals surface area (Å²) in [4.78, 5) is 23.9. The van der Waals surface area contributed by atoms with Crippen molar-refractivity contribution in [2.75, 3.05) is 46.2 Å². The molecule has 0 aromatic carbocycles. The topological polar surface area (TPSA) is 136 Å². The van der Waals surface area contributed by atoms with Gasteiger partial charge in [0.1, 0.15) is 13.2 Å². The quantitative estimate of drug-likeness (QED) is 0.341. The molecule has 0 radical (unpaired) electrons. The molecular weight excluding hydrogens is 336 g/mol. The highest BCUT2D eigenvalue weighted by atomic mass is 16.6. The van der Waals surface area contributed by atoms with E-state index in [0.717, 1.165) is 0 Å². The van der Waals surface area contributed by atoms with Crippen LogP contribution >= 0.6 is 0 Å². The van der Waals surface area contributed by atoms with Gasteiger partial charge in [-0.05, 0) is 18.4 Å². The third kappa shape index (κ3) is 7.22. The van der Waals surface area contributed by atoms with E-state index in [1.165, 1.54) is 6.07 Å². The van der Waals surface area contributed by atoms with Crippen molar-refractivity contribution in [1.29, 1.82) is 0 Å². The maximum Gasteiger partial charge on any atom is 0.374 e. The second-order valence-corrected chi connectivity index (χ2v) is 5.29. The van der Waals surface area contributed by atoms with Crippen LogP contribution < -0.4 is 0 Å². The first-order valence-corrected chi connectivity index (χ1v) is 7.90. The van der Waals surface area contributed by atoms with Crippen molar-refractivity contribution in [2.45, 2.75) is 13.3 Å². The fraction of sp³-hybridized carbons (Fsp3) is 0.625. The predicted molar refractivity (Wildman–Crippen MR) is 84.2 cm³/mol. The van der Waals surface area contributed by atoms with Crippen molar-refractivity contribution in [1.82, 2.24) is 0 Å². The third-order valence-electron chi connectivity index (χ3n) is 3.05. The molecule has 1 heterocycles. The number of carbonyl (C=O) groups is 2. The van der Waals surface area contributed by atoms with Gasteiger partial charge in [-0.15, -0.1) is 0 Å². The zero-order valence-corrected chi connectivity index (χ0v) is 14.1. The van der Waals surface area contributed by atoms with Gasteiger partial charge in [0.2, 0.25) is 11.5 Å². The molecule has 1 aromatic rings. The number of hydrogen-bond donors (Lipinski definition) is 3. The lowest BCUT2D eigenvalue weighted by molar-refractivity contribution is 0.0361. The van der Waals surface area contributed by atoms with Gasteiger partial charge in [-0.2, -0.15) is 0 Å². The number of esters is 2. The lowest BCUT2D eigenvalue weighted by Crippen LogP contribution is -2.14. The van der Waals surface area contributed by atoms with Gasteiger partial charge in [0, 0.05) is 12.2 Å². The van der Waals surface area contributed by atoms with E-state index in [9.17, 15) is 9.59 Å². The van der Waals surface area contributed by atoms with Gasteiger partial charge in [0.15, 0.2) is 0 Å². The molecule has 0 aliphatic carbocycles. The van der Waals surface area contributed by atoms with Gasteiger partial charge in [0.05, 0.1) is 26.4 Å². The van der Waals surface area contributed by atoms with Crippen molar-refractivity contribution < 1.29 is 43.5 Å². The molecule has 3 N–H and O–H groups in total. The molecule has 1 rings (SSSR count). The van der Waals surface area contributed by atoms with Crippen LogP contribution in [0.25, 0.3) is 0 Å². The van der Waals surface area contributed by atoms with Gasteiger partial charge in [-0.1, -0.05) is 6.92 Å². The first-order chi connectivity index (χ1) is 12.0. The summed E-state index contributed by atoms with van der Waals surface area (Å²) in [5.74, 6) is -1.94. The number of ether oxygens (including phenoxy) is 3. The minimum atomic E-state index is -0.805. The Balaban J connectivity index is 2.88. The molecule has 0 saturated carbocycles. The van der Waals surface area contributed by atoms with Gasteiger partial charge >= 0.3 is 11.9 Å². The number of aliphatic hydroxyl groups is 3. The van der Waals surface area contributed by atoms with E-state index in [1.54, 1.807) is 0 Å². The molecule has 0 spiro atoms. The van der Waals surface area contributed by atoms with Gasteiger partial charge < -0.3 is 33.9 Å². The molecule has 9 nitrogen and oxygen atoms in total. The zero-order valence-electron chi connectivity index (χ0n) is 14.1. The van der Waals surface area contributed by atoms with E-state index in [1.807, 2.05) is 6.92 Å². The first kappa shape index (κ1) is 21.1. The molecule has 0 saturated heterocycles. The Labute approximate surface area is 145 Å². The Bertz CT molecular complexity index is 538. The maximum absolute atomic E-state index is 12.0. The molecule has 9 heteroatoms. The lowest BCUT2D eigenvalue weighted by Gasteiger charge is -2.11. The van der Waals surface area contributed by atoms with Crippen LogP contribution in [0.3, 0.4) is 0 Å². The SMILES string of the molecule is C[C@@H](COCCO)Cc1cc(C(=O)OCCO)oc1C(=O)OCCO. The minimum absolute atomic E-state index is 0.0187. The summed E-state index contributed by atoms with van der Waals surface area (Å²) in [5, 5.41) is 26.1. The smallest absolute Gasteiger partial charge is 0.374 e. The van der Waals surface area contributed by atoms with E-state index in [0.29, 0.717) is 18.6 Å². The van der Waals surface area contributed by atoms with Crippen molar-refractivity contribution in [3.05, 3.63) is 23.2 Å². The Kier molecular flexibility index (Phi) is 9.78. The summed E-state index contributed by atoms with van der Waals surface area (Å²) in [6.07, 6.45) is 0.367. The normalized spacial score (nSPS) is 12.0. The van der Waals surface area contributed by atoms with E-state index < -0.39 is 11.9 Å². The molecule has 0 bridgehead atoms.